The lowest BCUT2D eigenvalue weighted by Crippen LogP contribution is -2.29. The summed E-state index contributed by atoms with van der Waals surface area (Å²) in [6.07, 6.45) is 1.70. The number of aromatic nitrogens is 1. The van der Waals surface area contributed by atoms with Crippen molar-refractivity contribution in [2.75, 3.05) is 17.3 Å². The van der Waals surface area contributed by atoms with Gasteiger partial charge in [0.1, 0.15) is 23.3 Å². The molecule has 2 N–H and O–H groups in total. The number of nitro benzene ring substituents is 1. The van der Waals surface area contributed by atoms with E-state index >= 15 is 0 Å². The smallest absolute Gasteiger partial charge is 0.280 e. The molecule has 1 fully saturated rings. The van der Waals surface area contributed by atoms with Crippen LogP contribution in [-0.2, 0) is 4.79 Å². The van der Waals surface area contributed by atoms with Crippen molar-refractivity contribution in [3.05, 3.63) is 101 Å². The Bertz CT molecular complexity index is 1520. The van der Waals surface area contributed by atoms with E-state index in [1.165, 1.54) is 20.1 Å². The topological polar surface area (TPSA) is 123 Å². The first-order valence-electron chi connectivity index (χ1n) is 11.7. The second-order valence-corrected chi connectivity index (χ2v) is 8.93. The van der Waals surface area contributed by atoms with Gasteiger partial charge in [-0.3, -0.25) is 19.9 Å². The zero-order valence-electron chi connectivity index (χ0n) is 20.5. The first-order chi connectivity index (χ1) is 18.4. The van der Waals surface area contributed by atoms with E-state index in [0.29, 0.717) is 39.3 Å². The minimum Gasteiger partial charge on any atom is -0.495 e. The van der Waals surface area contributed by atoms with E-state index in [9.17, 15) is 14.9 Å². The fraction of sp³-hybridized carbons (Fsp3) is 0.148. The number of carbonyl (C=O) groups is 1. The van der Waals surface area contributed by atoms with Gasteiger partial charge in [-0.15, -0.1) is 0 Å². The number of methoxy groups -OCH3 is 1. The van der Waals surface area contributed by atoms with E-state index in [-0.39, 0.29) is 17.6 Å². The standard InChI is InChI=1S/C27H23N5O5S/c1-16(33)29-20-15-17(10-11-23(20)36-2)31-26(25(30-27(31)38)19-8-5-6-14-28-19)24-13-12-22(37-24)18-7-3-4-9-21(18)32(34)35/h3-15,25-26H,1-2H3,(H,29,33)(H,30,38). The van der Waals surface area contributed by atoms with Crippen LogP contribution in [0.25, 0.3) is 11.3 Å². The van der Waals surface area contributed by atoms with Gasteiger partial charge in [0.05, 0.1) is 35.0 Å². The Morgan fingerprint density at radius 2 is 1.95 bits per heavy atom. The number of nitrogens with one attached hydrogen (secondary N) is 2. The van der Waals surface area contributed by atoms with Crippen molar-refractivity contribution in [2.24, 2.45) is 0 Å². The fourth-order valence-electron chi connectivity index (χ4n) is 4.55. The monoisotopic (exact) mass is 529 g/mol. The summed E-state index contributed by atoms with van der Waals surface area (Å²) in [5.74, 6) is 1.14. The number of carbonyl (C=O) groups excluding carboxylic acids is 1. The third kappa shape index (κ3) is 4.66. The lowest BCUT2D eigenvalue weighted by atomic mass is 10.0. The van der Waals surface area contributed by atoms with Gasteiger partial charge in [0.2, 0.25) is 5.91 Å². The van der Waals surface area contributed by atoms with Crippen molar-refractivity contribution in [2.45, 2.75) is 19.0 Å². The van der Waals surface area contributed by atoms with Crippen LogP contribution in [0, 0.1) is 10.1 Å². The highest BCUT2D eigenvalue weighted by molar-refractivity contribution is 7.80. The summed E-state index contributed by atoms with van der Waals surface area (Å²) in [6.45, 7) is 1.42. The van der Waals surface area contributed by atoms with E-state index in [4.69, 9.17) is 21.4 Å². The molecule has 5 rings (SSSR count). The van der Waals surface area contributed by atoms with E-state index < -0.39 is 11.0 Å². The lowest BCUT2D eigenvalue weighted by Gasteiger charge is -2.27. The normalized spacial score (nSPS) is 16.7. The number of pyridine rings is 1. The van der Waals surface area contributed by atoms with Crippen molar-refractivity contribution in [3.63, 3.8) is 0 Å². The van der Waals surface area contributed by atoms with Gasteiger partial charge >= 0.3 is 0 Å². The highest BCUT2D eigenvalue weighted by Gasteiger charge is 2.43. The maximum absolute atomic E-state index is 11.8. The number of furan rings is 1. The number of nitro groups is 1. The van der Waals surface area contributed by atoms with E-state index in [2.05, 4.69) is 15.6 Å². The maximum Gasteiger partial charge on any atom is 0.280 e. The van der Waals surface area contributed by atoms with Gasteiger partial charge in [0.25, 0.3) is 5.69 Å². The Morgan fingerprint density at radius 1 is 1.16 bits per heavy atom. The van der Waals surface area contributed by atoms with Crippen molar-refractivity contribution in [1.29, 1.82) is 0 Å². The Kier molecular flexibility index (Phi) is 6.75. The second kappa shape index (κ2) is 10.3. The Labute approximate surface area is 223 Å². The van der Waals surface area contributed by atoms with Crippen molar-refractivity contribution >= 4 is 40.3 Å². The summed E-state index contributed by atoms with van der Waals surface area (Å²) in [6, 6.07) is 20.0. The molecule has 4 aromatic rings. The highest BCUT2D eigenvalue weighted by atomic mass is 32.1. The molecule has 1 aliphatic heterocycles. The average molecular weight is 530 g/mol. The second-order valence-electron chi connectivity index (χ2n) is 8.54. The third-order valence-electron chi connectivity index (χ3n) is 6.15. The van der Waals surface area contributed by atoms with Gasteiger partial charge < -0.3 is 24.7 Å². The number of thiocarbonyl (C=S) groups is 1. The van der Waals surface area contributed by atoms with Gasteiger partial charge in [-0.2, -0.15) is 0 Å². The zero-order valence-corrected chi connectivity index (χ0v) is 21.3. The highest BCUT2D eigenvalue weighted by Crippen LogP contribution is 2.44. The number of anilines is 2. The van der Waals surface area contributed by atoms with Crippen molar-refractivity contribution < 1.29 is 18.9 Å². The summed E-state index contributed by atoms with van der Waals surface area (Å²) in [7, 11) is 1.52. The van der Waals surface area contributed by atoms with E-state index in [1.807, 2.05) is 29.2 Å². The van der Waals surface area contributed by atoms with Crippen LogP contribution in [0.2, 0.25) is 0 Å². The number of hydrogen-bond acceptors (Lipinski definition) is 7. The SMILES string of the molecule is COc1ccc(N2C(=S)NC(c3ccccn3)C2c2ccc(-c3ccccc3[N+](=O)[O-])o2)cc1NC(C)=O. The molecule has 10 nitrogen and oxygen atoms in total. The number of rotatable bonds is 7. The van der Waals surface area contributed by atoms with Gasteiger partial charge in [-0.25, -0.2) is 0 Å². The first-order valence-corrected chi connectivity index (χ1v) is 12.1. The molecule has 38 heavy (non-hydrogen) atoms. The summed E-state index contributed by atoms with van der Waals surface area (Å²) < 4.78 is 11.7. The molecule has 0 aliphatic carbocycles. The summed E-state index contributed by atoms with van der Waals surface area (Å²) >= 11 is 5.76. The van der Waals surface area contributed by atoms with Crippen LogP contribution in [0.15, 0.2) is 83.4 Å². The molecule has 1 amide bonds. The number of hydrogen-bond donors (Lipinski definition) is 2. The Morgan fingerprint density at radius 3 is 2.66 bits per heavy atom. The van der Waals surface area contributed by atoms with Crippen molar-refractivity contribution in [3.8, 4) is 17.1 Å². The zero-order chi connectivity index (χ0) is 26.8. The molecule has 2 aromatic carbocycles. The van der Waals surface area contributed by atoms with Crippen LogP contribution in [-0.4, -0.2) is 28.0 Å². The van der Waals surface area contributed by atoms with Crippen LogP contribution in [0.1, 0.15) is 30.5 Å². The van der Waals surface area contributed by atoms with Gasteiger partial charge in [0, 0.05) is 24.9 Å². The average Bonchev–Trinajstić information content (AvgIpc) is 3.53. The summed E-state index contributed by atoms with van der Waals surface area (Å²) in [5, 5.41) is 18.2. The number of benzene rings is 2. The minimum absolute atomic E-state index is 0.0540. The molecule has 2 atom stereocenters. The largest absolute Gasteiger partial charge is 0.495 e. The number of ether oxygens (including phenoxy) is 1. The van der Waals surface area contributed by atoms with Crippen LogP contribution in [0.3, 0.4) is 0 Å². The molecule has 0 saturated carbocycles. The predicted molar refractivity (Wildman–Crippen MR) is 146 cm³/mol. The van der Waals surface area contributed by atoms with E-state index in [0.717, 1.165) is 5.69 Å². The number of para-hydroxylation sites is 1. The minimum atomic E-state index is -0.493. The molecule has 192 valence electrons. The first kappa shape index (κ1) is 24.9. The van der Waals surface area contributed by atoms with Crippen LogP contribution >= 0.6 is 12.2 Å². The Balaban J connectivity index is 1.62. The molecule has 2 unspecified atom stereocenters. The quantitative estimate of drug-likeness (QED) is 0.184. The third-order valence-corrected chi connectivity index (χ3v) is 6.47. The van der Waals surface area contributed by atoms with Crippen molar-refractivity contribution in [1.82, 2.24) is 10.3 Å². The summed E-state index contributed by atoms with van der Waals surface area (Å²) in [4.78, 5) is 29.4. The van der Waals surface area contributed by atoms with E-state index in [1.54, 1.807) is 48.7 Å². The maximum atomic E-state index is 11.8. The van der Waals surface area contributed by atoms with Crippen LogP contribution in [0.4, 0.5) is 17.1 Å². The predicted octanol–water partition coefficient (Wildman–Crippen LogP) is 5.39. The molecule has 11 heteroatoms. The van der Waals surface area contributed by atoms with Crippen LogP contribution in [0.5, 0.6) is 5.75 Å². The van der Waals surface area contributed by atoms with Crippen LogP contribution < -0.4 is 20.3 Å². The Hall–Kier alpha value is -4.77. The van der Waals surface area contributed by atoms with Gasteiger partial charge in [-0.05, 0) is 60.7 Å². The summed E-state index contributed by atoms with van der Waals surface area (Å²) in [5.41, 5.74) is 2.22. The lowest BCUT2D eigenvalue weighted by molar-refractivity contribution is -0.384. The fourth-order valence-corrected chi connectivity index (χ4v) is 4.90. The molecule has 1 aliphatic rings. The molecular formula is C27H23N5O5S. The number of amides is 1. The molecule has 0 spiro atoms. The molecule has 0 bridgehead atoms. The molecule has 3 heterocycles. The van der Waals surface area contributed by atoms with Gasteiger partial charge in [-0.1, -0.05) is 18.2 Å². The number of nitrogens with zero attached hydrogens (tertiary/aromatic N) is 3. The molecule has 1 saturated heterocycles. The molecule has 0 radical (unpaired) electrons. The van der Waals surface area contributed by atoms with Gasteiger partial charge in [0.15, 0.2) is 5.11 Å². The molecular weight excluding hydrogens is 506 g/mol. The molecule has 2 aromatic heterocycles.